The molecule has 0 unspecified atom stereocenters. The van der Waals surface area contributed by atoms with E-state index in [0.29, 0.717) is 5.69 Å². The molecule has 12 heavy (non-hydrogen) atoms. The fourth-order valence-corrected chi connectivity index (χ4v) is 1.41. The van der Waals surface area contributed by atoms with Crippen molar-refractivity contribution in [2.24, 2.45) is 4.99 Å². The van der Waals surface area contributed by atoms with E-state index < -0.39 is 0 Å². The number of nitrogens with zero attached hydrogens (tertiary/aromatic N) is 1. The number of rotatable bonds is 1. The lowest BCUT2D eigenvalue weighted by Crippen LogP contribution is -1.90. The van der Waals surface area contributed by atoms with Crippen molar-refractivity contribution in [3.63, 3.8) is 0 Å². The molecule has 0 atom stereocenters. The van der Waals surface area contributed by atoms with Crippen molar-refractivity contribution in [3.05, 3.63) is 23.8 Å². The number of nitrogens with one attached hydrogen (secondary N) is 1. The highest BCUT2D eigenvalue weighted by Crippen LogP contribution is 2.26. The molecule has 1 aromatic carbocycles. The molecule has 1 aromatic rings. The molecule has 0 radical (unpaired) electrons. The highest BCUT2D eigenvalue weighted by Gasteiger charge is 2.08. The van der Waals surface area contributed by atoms with Crippen LogP contribution in [0.2, 0.25) is 0 Å². The number of anilines is 1. The Bertz CT molecular complexity index is 354. The van der Waals surface area contributed by atoms with Gasteiger partial charge in [0.1, 0.15) is 0 Å². The minimum absolute atomic E-state index is 0.687. The van der Waals surface area contributed by atoms with E-state index in [9.17, 15) is 4.79 Å². The topological polar surface area (TPSA) is 41.5 Å². The molecule has 3 heteroatoms. The number of hydrogen-bond acceptors (Lipinski definition) is 3. The van der Waals surface area contributed by atoms with Gasteiger partial charge in [-0.25, -0.2) is 4.79 Å². The average molecular weight is 160 g/mol. The summed E-state index contributed by atoms with van der Waals surface area (Å²) in [5.41, 5.74) is 3.07. The molecular weight excluding hydrogens is 152 g/mol. The number of carbonyl (C=O) groups excluding carboxylic acids is 1. The maximum absolute atomic E-state index is 9.97. The van der Waals surface area contributed by atoms with Gasteiger partial charge in [0.05, 0.1) is 5.69 Å². The molecule has 0 saturated heterocycles. The van der Waals surface area contributed by atoms with Crippen molar-refractivity contribution in [3.8, 4) is 0 Å². The van der Waals surface area contributed by atoms with Crippen LogP contribution < -0.4 is 5.32 Å². The van der Waals surface area contributed by atoms with Crippen LogP contribution in [-0.2, 0) is 11.2 Å². The first kappa shape index (κ1) is 7.07. The molecule has 2 rings (SSSR count). The van der Waals surface area contributed by atoms with Crippen molar-refractivity contribution >= 4 is 17.5 Å². The maximum Gasteiger partial charge on any atom is 0.240 e. The van der Waals surface area contributed by atoms with E-state index in [1.807, 2.05) is 18.2 Å². The molecule has 60 valence electrons. The van der Waals surface area contributed by atoms with Gasteiger partial charge in [0.15, 0.2) is 0 Å². The van der Waals surface area contributed by atoms with Crippen LogP contribution in [-0.4, -0.2) is 12.6 Å². The number of aliphatic imine (C=N–C) groups is 1. The summed E-state index contributed by atoms with van der Waals surface area (Å²) in [6.45, 7) is 0.976. The highest BCUT2D eigenvalue weighted by molar-refractivity contribution is 5.62. The van der Waals surface area contributed by atoms with E-state index in [-0.39, 0.29) is 0 Å². The summed E-state index contributed by atoms with van der Waals surface area (Å²) in [5.74, 6) is 0. The molecule has 0 spiro atoms. The Balaban J connectivity index is 2.45. The van der Waals surface area contributed by atoms with Crippen molar-refractivity contribution in [2.45, 2.75) is 6.42 Å². The summed E-state index contributed by atoms with van der Waals surface area (Å²) in [5, 5.41) is 3.23. The Morgan fingerprint density at radius 1 is 1.50 bits per heavy atom. The van der Waals surface area contributed by atoms with Gasteiger partial charge >= 0.3 is 0 Å². The summed E-state index contributed by atoms with van der Waals surface area (Å²) in [6, 6.07) is 5.67. The Morgan fingerprint density at radius 3 is 3.25 bits per heavy atom. The number of isocyanates is 1. The third-order valence-corrected chi connectivity index (χ3v) is 1.97. The van der Waals surface area contributed by atoms with Crippen molar-refractivity contribution in [1.29, 1.82) is 0 Å². The van der Waals surface area contributed by atoms with E-state index in [1.165, 1.54) is 11.6 Å². The van der Waals surface area contributed by atoms with E-state index in [1.54, 1.807) is 0 Å². The largest absolute Gasteiger partial charge is 0.384 e. The first-order chi connectivity index (χ1) is 5.90. The van der Waals surface area contributed by atoms with E-state index in [4.69, 9.17) is 0 Å². The first-order valence-electron chi connectivity index (χ1n) is 3.85. The van der Waals surface area contributed by atoms with E-state index >= 15 is 0 Å². The summed E-state index contributed by atoms with van der Waals surface area (Å²) in [6.07, 6.45) is 2.54. The highest BCUT2D eigenvalue weighted by atomic mass is 16.1. The van der Waals surface area contributed by atoms with Crippen molar-refractivity contribution in [2.75, 3.05) is 11.9 Å². The zero-order chi connectivity index (χ0) is 8.39. The third kappa shape index (κ3) is 1.11. The Kier molecular flexibility index (Phi) is 1.65. The molecule has 1 aliphatic rings. The van der Waals surface area contributed by atoms with Crippen LogP contribution in [0.15, 0.2) is 23.2 Å². The lowest BCUT2D eigenvalue weighted by molar-refractivity contribution is 0.565. The second-order valence-corrected chi connectivity index (χ2v) is 2.72. The van der Waals surface area contributed by atoms with Crippen LogP contribution in [0.4, 0.5) is 11.4 Å². The molecule has 0 fully saturated rings. The normalized spacial score (nSPS) is 13.0. The lowest BCUT2D eigenvalue weighted by Gasteiger charge is -1.98. The lowest BCUT2D eigenvalue weighted by atomic mass is 10.1. The van der Waals surface area contributed by atoms with Gasteiger partial charge in [-0.1, -0.05) is 0 Å². The second kappa shape index (κ2) is 2.80. The summed E-state index contributed by atoms with van der Waals surface area (Å²) < 4.78 is 0. The zero-order valence-electron chi connectivity index (χ0n) is 6.50. The average Bonchev–Trinajstić information content (AvgIpc) is 2.51. The summed E-state index contributed by atoms with van der Waals surface area (Å²) in [4.78, 5) is 13.5. The van der Waals surface area contributed by atoms with Crippen LogP contribution in [0.25, 0.3) is 0 Å². The Hall–Kier alpha value is -1.60. The maximum atomic E-state index is 9.97. The van der Waals surface area contributed by atoms with Crippen molar-refractivity contribution in [1.82, 2.24) is 0 Å². The quantitative estimate of drug-likeness (QED) is 0.501. The molecule has 1 heterocycles. The minimum atomic E-state index is 0.687. The molecule has 0 aromatic heterocycles. The zero-order valence-corrected chi connectivity index (χ0v) is 6.50. The number of fused-ring (bicyclic) bond motifs is 1. The first-order valence-corrected chi connectivity index (χ1v) is 3.85. The SMILES string of the molecule is O=C=Nc1ccc2c(c1)CCN2. The van der Waals surface area contributed by atoms with Crippen LogP contribution in [0.3, 0.4) is 0 Å². The van der Waals surface area contributed by atoms with Gasteiger partial charge in [0, 0.05) is 12.2 Å². The fraction of sp³-hybridized carbons (Fsp3) is 0.222. The monoisotopic (exact) mass is 160 g/mol. The van der Waals surface area contributed by atoms with Gasteiger partial charge in [-0.3, -0.25) is 0 Å². The van der Waals surface area contributed by atoms with E-state index in [0.717, 1.165) is 18.7 Å². The Morgan fingerprint density at radius 2 is 2.42 bits per heavy atom. The smallest absolute Gasteiger partial charge is 0.240 e. The van der Waals surface area contributed by atoms with E-state index in [2.05, 4.69) is 10.3 Å². The molecule has 1 N–H and O–H groups in total. The van der Waals surface area contributed by atoms with Gasteiger partial charge < -0.3 is 5.32 Å². The third-order valence-electron chi connectivity index (χ3n) is 1.97. The molecule has 0 bridgehead atoms. The van der Waals surface area contributed by atoms with Crippen LogP contribution in [0.5, 0.6) is 0 Å². The molecule has 0 amide bonds. The standard InChI is InChI=1S/C9H8N2O/c12-6-11-8-1-2-9-7(5-8)3-4-10-9/h1-2,5,10H,3-4H2. The number of hydrogen-bond donors (Lipinski definition) is 1. The van der Waals surface area contributed by atoms with Crippen molar-refractivity contribution < 1.29 is 4.79 Å². The van der Waals surface area contributed by atoms with Gasteiger partial charge in [0.25, 0.3) is 0 Å². The second-order valence-electron chi connectivity index (χ2n) is 2.72. The number of benzene rings is 1. The van der Waals surface area contributed by atoms with Gasteiger partial charge in [0.2, 0.25) is 6.08 Å². The summed E-state index contributed by atoms with van der Waals surface area (Å²) in [7, 11) is 0. The van der Waals surface area contributed by atoms with Crippen LogP contribution in [0.1, 0.15) is 5.56 Å². The van der Waals surface area contributed by atoms with Crippen LogP contribution in [0, 0.1) is 0 Å². The predicted molar refractivity (Wildman–Crippen MR) is 46.4 cm³/mol. The Labute approximate surface area is 70.1 Å². The van der Waals surface area contributed by atoms with Gasteiger partial charge in [-0.2, -0.15) is 4.99 Å². The predicted octanol–water partition coefficient (Wildman–Crippen LogP) is 1.62. The fourth-order valence-electron chi connectivity index (χ4n) is 1.41. The summed E-state index contributed by atoms with van der Waals surface area (Å²) >= 11 is 0. The minimum Gasteiger partial charge on any atom is -0.384 e. The van der Waals surface area contributed by atoms with Gasteiger partial charge in [-0.05, 0) is 30.2 Å². The molecule has 0 aliphatic carbocycles. The van der Waals surface area contributed by atoms with Gasteiger partial charge in [-0.15, -0.1) is 0 Å². The molecule has 3 nitrogen and oxygen atoms in total. The van der Waals surface area contributed by atoms with Crippen LogP contribution >= 0.6 is 0 Å². The molecule has 0 saturated carbocycles. The molecular formula is C9H8N2O. The molecule has 1 aliphatic heterocycles.